The van der Waals surface area contributed by atoms with E-state index in [2.05, 4.69) is 48.5 Å². The molecule has 0 atom stereocenters. The minimum Gasteiger partial charge on any atom is -0.447 e. The number of aliphatic hydroxyl groups excluding tert-OH is 1. The zero-order valence-corrected chi connectivity index (χ0v) is 20.1. The van der Waals surface area contributed by atoms with Crippen molar-refractivity contribution in [2.45, 2.75) is 32.8 Å². The third kappa shape index (κ3) is 3.86. The summed E-state index contributed by atoms with van der Waals surface area (Å²) in [6, 6.07) is 13.9. The van der Waals surface area contributed by atoms with Crippen LogP contribution in [-0.4, -0.2) is 35.3 Å². The number of halogens is 2. The van der Waals surface area contributed by atoms with Gasteiger partial charge in [-0.1, -0.05) is 55.3 Å². The molecule has 0 saturated carbocycles. The Labute approximate surface area is 202 Å². The van der Waals surface area contributed by atoms with Crippen molar-refractivity contribution in [1.29, 1.82) is 0 Å². The van der Waals surface area contributed by atoms with Crippen molar-refractivity contribution >= 4 is 38.5 Å². The van der Waals surface area contributed by atoms with Crippen molar-refractivity contribution < 1.29 is 9.52 Å². The number of aryl methyl sites for hydroxylation is 1. The molecule has 5 rings (SSSR count). The highest BCUT2D eigenvalue weighted by Crippen LogP contribution is 2.39. The number of nitrogens with zero attached hydrogens (tertiary/aromatic N) is 5. The van der Waals surface area contributed by atoms with E-state index in [0.29, 0.717) is 26.9 Å². The smallest absolute Gasteiger partial charge is 0.205 e. The number of hydrogen-bond donors (Lipinski definition) is 2. The van der Waals surface area contributed by atoms with Crippen LogP contribution >= 0.6 is 27.5 Å². The molecule has 3 aromatic heterocycles. The zero-order valence-electron chi connectivity index (χ0n) is 17.7. The monoisotopic (exact) mass is 526 g/mol. The zero-order chi connectivity index (χ0) is 22.9. The van der Waals surface area contributed by atoms with Gasteiger partial charge in [-0.15, -0.1) is 10.2 Å². The molecule has 0 saturated heterocycles. The van der Waals surface area contributed by atoms with Gasteiger partial charge in [0.15, 0.2) is 9.82 Å². The maximum Gasteiger partial charge on any atom is 0.205 e. The molecule has 3 heterocycles. The van der Waals surface area contributed by atoms with Gasteiger partial charge >= 0.3 is 0 Å². The normalized spacial score (nSPS) is 11.5. The molecular formula is C23H20BrClN6O2. The second kappa shape index (κ2) is 9.09. The summed E-state index contributed by atoms with van der Waals surface area (Å²) in [7, 11) is 0. The summed E-state index contributed by atoms with van der Waals surface area (Å²) >= 11 is 9.94. The number of H-pyrrole nitrogens is 1. The average Bonchev–Trinajstić information content (AvgIpc) is 3.54. The van der Waals surface area contributed by atoms with Gasteiger partial charge in [-0.05, 0) is 50.8 Å². The maximum absolute atomic E-state index is 10.0. The van der Waals surface area contributed by atoms with Gasteiger partial charge in [-0.3, -0.25) is 4.57 Å². The highest BCUT2D eigenvalue weighted by Gasteiger charge is 2.23. The van der Waals surface area contributed by atoms with Crippen LogP contribution in [0.3, 0.4) is 0 Å². The lowest BCUT2D eigenvalue weighted by Gasteiger charge is -2.10. The molecule has 10 heteroatoms. The molecule has 33 heavy (non-hydrogen) atoms. The summed E-state index contributed by atoms with van der Waals surface area (Å²) in [6.45, 7) is 1.90. The fourth-order valence-electron chi connectivity index (χ4n) is 4.01. The molecule has 0 aliphatic carbocycles. The van der Waals surface area contributed by atoms with Gasteiger partial charge in [0.2, 0.25) is 5.82 Å². The van der Waals surface area contributed by atoms with Crippen molar-refractivity contribution in [2.75, 3.05) is 0 Å². The molecule has 2 N–H and O–H groups in total. The molecule has 0 aliphatic rings. The van der Waals surface area contributed by atoms with Gasteiger partial charge < -0.3 is 9.52 Å². The summed E-state index contributed by atoms with van der Waals surface area (Å²) in [5.74, 6) is 1.31. The van der Waals surface area contributed by atoms with Crippen LogP contribution in [0.2, 0.25) is 5.15 Å². The van der Waals surface area contributed by atoms with E-state index in [9.17, 15) is 5.11 Å². The van der Waals surface area contributed by atoms with Crippen molar-refractivity contribution in [1.82, 2.24) is 30.2 Å². The molecule has 0 radical (unpaired) electrons. The van der Waals surface area contributed by atoms with Crippen LogP contribution in [0.25, 0.3) is 39.2 Å². The van der Waals surface area contributed by atoms with E-state index in [0.717, 1.165) is 52.9 Å². The van der Waals surface area contributed by atoms with Crippen molar-refractivity contribution in [3.8, 4) is 28.2 Å². The van der Waals surface area contributed by atoms with Crippen molar-refractivity contribution in [3.63, 3.8) is 0 Å². The number of aliphatic hydroxyl groups is 1. The summed E-state index contributed by atoms with van der Waals surface area (Å²) in [6.07, 6.45) is 2.73. The number of tetrazole rings is 1. The van der Waals surface area contributed by atoms with Crippen LogP contribution in [0.5, 0.6) is 0 Å². The highest BCUT2D eigenvalue weighted by atomic mass is 79.9. The van der Waals surface area contributed by atoms with Gasteiger partial charge in [0.25, 0.3) is 0 Å². The summed E-state index contributed by atoms with van der Waals surface area (Å²) in [5.41, 5.74) is 4.78. The fourth-order valence-corrected chi connectivity index (χ4v) is 4.82. The van der Waals surface area contributed by atoms with Crippen LogP contribution in [-0.2, 0) is 13.0 Å². The van der Waals surface area contributed by atoms with Gasteiger partial charge in [-0.25, -0.2) is 4.98 Å². The quantitative estimate of drug-likeness (QED) is 0.281. The Morgan fingerprint density at radius 1 is 1.18 bits per heavy atom. The standard InChI is InChI=1S/C23H20BrClN6O2/c1-2-3-8-19-26-22(25)17(12-32)31(19)20-16-10-9-13(11-18(16)33-21(20)24)14-6-4-5-7-15(14)23-27-29-30-28-23/h4-7,9-11,32H,2-3,8,12H2,1H3,(H,27,28,29,30). The second-order valence-electron chi connectivity index (χ2n) is 7.58. The summed E-state index contributed by atoms with van der Waals surface area (Å²) in [4.78, 5) is 4.51. The van der Waals surface area contributed by atoms with Gasteiger partial charge in [0.1, 0.15) is 17.1 Å². The number of hydrogen-bond acceptors (Lipinski definition) is 6. The first kappa shape index (κ1) is 21.8. The maximum atomic E-state index is 10.0. The lowest BCUT2D eigenvalue weighted by molar-refractivity contribution is 0.274. The van der Waals surface area contributed by atoms with Crippen LogP contribution < -0.4 is 0 Å². The highest BCUT2D eigenvalue weighted by molar-refractivity contribution is 9.10. The Hall–Kier alpha value is -3.01. The van der Waals surface area contributed by atoms with Gasteiger partial charge in [-0.2, -0.15) is 5.21 Å². The van der Waals surface area contributed by atoms with Crippen molar-refractivity contribution in [3.05, 3.63) is 63.8 Å². The first-order valence-electron chi connectivity index (χ1n) is 10.5. The molecule has 5 aromatic rings. The average molecular weight is 528 g/mol. The first-order valence-corrected chi connectivity index (χ1v) is 11.7. The Morgan fingerprint density at radius 3 is 2.73 bits per heavy atom. The first-order chi connectivity index (χ1) is 16.1. The third-order valence-electron chi connectivity index (χ3n) is 5.57. The van der Waals surface area contributed by atoms with E-state index in [-0.39, 0.29) is 6.61 Å². The van der Waals surface area contributed by atoms with E-state index >= 15 is 0 Å². The lowest BCUT2D eigenvalue weighted by Crippen LogP contribution is -2.05. The predicted octanol–water partition coefficient (Wildman–Crippen LogP) is 5.72. The molecule has 0 unspecified atom stereocenters. The molecule has 0 bridgehead atoms. The second-order valence-corrected chi connectivity index (χ2v) is 8.66. The molecule has 0 aliphatic heterocycles. The largest absolute Gasteiger partial charge is 0.447 e. The van der Waals surface area contributed by atoms with Gasteiger partial charge in [0, 0.05) is 17.4 Å². The lowest BCUT2D eigenvalue weighted by atomic mass is 9.98. The summed E-state index contributed by atoms with van der Waals surface area (Å²) in [5, 5.41) is 25.6. The molecule has 0 spiro atoms. The number of fused-ring (bicyclic) bond motifs is 1. The number of rotatable bonds is 7. The van der Waals surface area contributed by atoms with E-state index in [1.165, 1.54) is 0 Å². The van der Waals surface area contributed by atoms with Crippen molar-refractivity contribution in [2.24, 2.45) is 0 Å². The van der Waals surface area contributed by atoms with E-state index in [1.54, 1.807) is 0 Å². The van der Waals surface area contributed by atoms with Crippen LogP contribution in [0.4, 0.5) is 0 Å². The molecule has 0 amide bonds. The Balaban J connectivity index is 1.66. The minimum atomic E-state index is -0.229. The number of aromatic amines is 1. The van der Waals surface area contributed by atoms with Gasteiger partial charge in [0.05, 0.1) is 12.3 Å². The third-order valence-corrected chi connectivity index (χ3v) is 6.41. The van der Waals surface area contributed by atoms with E-state index in [4.69, 9.17) is 16.0 Å². The number of aromatic nitrogens is 6. The van der Waals surface area contributed by atoms with Crippen LogP contribution in [0.15, 0.2) is 51.6 Å². The minimum absolute atomic E-state index is 0.229. The number of nitrogens with one attached hydrogen (secondary N) is 1. The van der Waals surface area contributed by atoms with E-state index < -0.39 is 0 Å². The topological polar surface area (TPSA) is 106 Å². The molecule has 2 aromatic carbocycles. The Morgan fingerprint density at radius 2 is 2.00 bits per heavy atom. The molecule has 168 valence electrons. The van der Waals surface area contributed by atoms with Crippen LogP contribution in [0.1, 0.15) is 31.3 Å². The molecule has 8 nitrogen and oxygen atoms in total. The summed E-state index contributed by atoms with van der Waals surface area (Å²) < 4.78 is 8.56. The fraction of sp³-hybridized carbons (Fsp3) is 0.217. The molecular weight excluding hydrogens is 508 g/mol. The number of furan rings is 1. The van der Waals surface area contributed by atoms with E-state index in [1.807, 2.05) is 47.0 Å². The Kier molecular flexibility index (Phi) is 6.01. The molecule has 0 fully saturated rings. The number of unbranched alkanes of at least 4 members (excludes halogenated alkanes) is 1. The Bertz CT molecular complexity index is 1430. The SMILES string of the molecule is CCCCc1nc(Cl)c(CO)n1-c1c(Br)oc2cc(-c3ccccc3-c3nn[nH]n3)ccc12. The van der Waals surface area contributed by atoms with Crippen LogP contribution in [0, 0.1) is 0 Å². The number of benzene rings is 2. The predicted molar refractivity (Wildman–Crippen MR) is 129 cm³/mol. The number of imidazole rings is 1.